The Morgan fingerprint density at radius 2 is 1.94 bits per heavy atom. The number of rotatable bonds is 10. The van der Waals surface area contributed by atoms with Gasteiger partial charge in [0.1, 0.15) is 6.04 Å². The van der Waals surface area contributed by atoms with Gasteiger partial charge in [-0.3, -0.25) is 14.4 Å². The highest BCUT2D eigenvalue weighted by atomic mass is 32.2. The van der Waals surface area contributed by atoms with Crippen LogP contribution in [0.15, 0.2) is 18.2 Å². The molecular formula is C27H38N2O5S. The minimum atomic E-state index is -0.635. The number of nitrogens with one attached hydrogen (secondary N) is 1. The van der Waals surface area contributed by atoms with Crippen molar-refractivity contribution in [2.45, 2.75) is 81.8 Å². The molecule has 0 aliphatic carbocycles. The summed E-state index contributed by atoms with van der Waals surface area (Å²) < 4.78 is 4.40. The number of hydrogen-bond acceptors (Lipinski definition) is 6. The minimum absolute atomic E-state index is 0.0951. The van der Waals surface area contributed by atoms with Crippen LogP contribution in [0.2, 0.25) is 0 Å². The summed E-state index contributed by atoms with van der Waals surface area (Å²) in [5.74, 6) is -1.67. The number of nitrogens with zero attached hydrogens (tertiary/aromatic N) is 1. The number of benzene rings is 1. The SMILES string of the molecule is CCOC(=O)[C@H]1[C@H]2C(=O)N(CCCCCCO)C(C(=O)Nc3cc(C)ccc3C)C23CC[C@]1(C)S3. The largest absolute Gasteiger partial charge is 0.466 e. The van der Waals surface area contributed by atoms with Crippen LogP contribution in [0.4, 0.5) is 5.69 Å². The molecule has 1 aromatic carbocycles. The molecule has 0 aromatic heterocycles. The number of ether oxygens (including phenoxy) is 1. The third kappa shape index (κ3) is 4.48. The third-order valence-electron chi connectivity index (χ3n) is 8.02. The first kappa shape index (κ1) is 26.0. The first-order valence-corrected chi connectivity index (χ1v) is 13.7. The molecule has 3 fully saturated rings. The van der Waals surface area contributed by atoms with Crippen molar-refractivity contribution in [3.63, 3.8) is 0 Å². The van der Waals surface area contributed by atoms with Gasteiger partial charge in [-0.1, -0.05) is 25.0 Å². The number of aliphatic hydroxyl groups is 1. The normalized spacial score (nSPS) is 31.1. The molecule has 1 spiro atoms. The van der Waals surface area contributed by atoms with Crippen LogP contribution in [-0.2, 0) is 19.1 Å². The first-order chi connectivity index (χ1) is 16.7. The van der Waals surface area contributed by atoms with Gasteiger partial charge in [-0.25, -0.2) is 0 Å². The Morgan fingerprint density at radius 3 is 2.66 bits per heavy atom. The summed E-state index contributed by atoms with van der Waals surface area (Å²) in [4.78, 5) is 42.7. The van der Waals surface area contributed by atoms with Crippen LogP contribution in [0.3, 0.4) is 0 Å². The van der Waals surface area contributed by atoms with Crippen molar-refractivity contribution in [1.29, 1.82) is 0 Å². The van der Waals surface area contributed by atoms with Crippen molar-refractivity contribution >= 4 is 35.2 Å². The molecule has 1 aromatic rings. The zero-order chi connectivity index (χ0) is 25.4. The topological polar surface area (TPSA) is 95.9 Å². The van der Waals surface area contributed by atoms with Crippen molar-refractivity contribution in [3.05, 3.63) is 29.3 Å². The molecule has 3 saturated heterocycles. The van der Waals surface area contributed by atoms with Gasteiger partial charge in [-0.15, -0.1) is 11.8 Å². The lowest BCUT2D eigenvalue weighted by atomic mass is 9.66. The van der Waals surface area contributed by atoms with E-state index in [1.165, 1.54) is 0 Å². The van der Waals surface area contributed by atoms with E-state index in [2.05, 4.69) is 12.2 Å². The number of esters is 1. The van der Waals surface area contributed by atoms with Gasteiger partial charge in [0.2, 0.25) is 11.8 Å². The Morgan fingerprint density at radius 1 is 1.20 bits per heavy atom. The number of thioether (sulfide) groups is 1. The lowest BCUT2D eigenvalue weighted by molar-refractivity contribution is -0.155. The maximum atomic E-state index is 13.9. The summed E-state index contributed by atoms with van der Waals surface area (Å²) in [7, 11) is 0. The second-order valence-electron chi connectivity index (χ2n) is 10.5. The summed E-state index contributed by atoms with van der Waals surface area (Å²) >= 11 is 1.67. The molecule has 2 bridgehead atoms. The van der Waals surface area contributed by atoms with E-state index in [0.29, 0.717) is 6.54 Å². The molecule has 0 saturated carbocycles. The molecule has 3 aliphatic heterocycles. The van der Waals surface area contributed by atoms with Gasteiger partial charge in [-0.2, -0.15) is 0 Å². The van der Waals surface area contributed by atoms with Gasteiger partial charge >= 0.3 is 5.97 Å². The van der Waals surface area contributed by atoms with Gasteiger partial charge in [0, 0.05) is 23.6 Å². The highest BCUT2D eigenvalue weighted by molar-refractivity contribution is 8.02. The summed E-state index contributed by atoms with van der Waals surface area (Å²) in [6.45, 7) is 8.69. The van der Waals surface area contributed by atoms with Gasteiger partial charge in [0.25, 0.3) is 0 Å². The fourth-order valence-electron chi connectivity index (χ4n) is 6.38. The van der Waals surface area contributed by atoms with Gasteiger partial charge in [-0.05, 0) is 70.6 Å². The van der Waals surface area contributed by atoms with E-state index in [1.54, 1.807) is 23.6 Å². The van der Waals surface area contributed by atoms with Gasteiger partial charge in [0.05, 0.1) is 23.2 Å². The average Bonchev–Trinajstić information content (AvgIpc) is 3.37. The van der Waals surface area contributed by atoms with E-state index in [1.807, 2.05) is 32.0 Å². The summed E-state index contributed by atoms with van der Waals surface area (Å²) in [6.07, 6.45) is 4.75. The molecule has 2 N–H and O–H groups in total. The Balaban J connectivity index is 1.67. The Bertz CT molecular complexity index is 1000. The summed E-state index contributed by atoms with van der Waals surface area (Å²) in [5.41, 5.74) is 2.78. The van der Waals surface area contributed by atoms with Crippen LogP contribution in [0.25, 0.3) is 0 Å². The minimum Gasteiger partial charge on any atom is -0.466 e. The van der Waals surface area contributed by atoms with Crippen molar-refractivity contribution in [3.8, 4) is 0 Å². The molecule has 8 heteroatoms. The van der Waals surface area contributed by atoms with Gasteiger partial charge < -0.3 is 20.1 Å². The molecule has 5 atom stereocenters. The predicted octanol–water partition coefficient (Wildman–Crippen LogP) is 3.84. The number of aliphatic hydroxyl groups excluding tert-OH is 1. The summed E-state index contributed by atoms with van der Waals surface area (Å²) in [6, 6.07) is 5.32. The molecule has 192 valence electrons. The second kappa shape index (κ2) is 10.1. The standard InChI is InChI=1S/C27H38N2O5S/c1-5-34-25(33)21-20-24(32)29(14-8-6-7-9-15-30)22(27(20)13-12-26(21,4)35-27)23(31)28-19-16-17(2)10-11-18(19)3/h10-11,16,20-22,30H,5-9,12-15H2,1-4H3,(H,28,31)/t20-,21+,22?,26-,27?/m0/s1. The number of carbonyl (C=O) groups is 3. The van der Waals surface area contributed by atoms with Crippen LogP contribution in [0.5, 0.6) is 0 Å². The maximum Gasteiger partial charge on any atom is 0.311 e. The lowest BCUT2D eigenvalue weighted by Gasteiger charge is -2.34. The third-order valence-corrected chi connectivity index (χ3v) is 10.0. The fraction of sp³-hybridized carbons (Fsp3) is 0.667. The number of hydrogen-bond donors (Lipinski definition) is 2. The van der Waals surface area contributed by atoms with E-state index < -0.39 is 27.4 Å². The quantitative estimate of drug-likeness (QED) is 0.373. The van der Waals surface area contributed by atoms with Crippen molar-refractivity contribution < 1.29 is 24.2 Å². The zero-order valence-corrected chi connectivity index (χ0v) is 22.1. The van der Waals surface area contributed by atoms with Crippen LogP contribution in [0.1, 0.15) is 63.5 Å². The number of amides is 2. The highest BCUT2D eigenvalue weighted by Gasteiger charge is 2.77. The van der Waals surface area contributed by atoms with Crippen LogP contribution < -0.4 is 5.32 Å². The van der Waals surface area contributed by atoms with E-state index in [0.717, 1.165) is 55.3 Å². The monoisotopic (exact) mass is 502 g/mol. The smallest absolute Gasteiger partial charge is 0.311 e. The maximum absolute atomic E-state index is 13.9. The number of fused-ring (bicyclic) bond motifs is 1. The summed E-state index contributed by atoms with van der Waals surface area (Å²) in [5, 5.41) is 12.2. The molecule has 3 heterocycles. The Labute approximate surface area is 212 Å². The molecule has 2 amide bonds. The van der Waals surface area contributed by atoms with E-state index in [4.69, 9.17) is 9.84 Å². The molecule has 2 unspecified atom stereocenters. The number of unbranched alkanes of at least 4 members (excludes halogenated alkanes) is 3. The van der Waals surface area contributed by atoms with E-state index in [-0.39, 0.29) is 31.0 Å². The fourth-order valence-corrected chi connectivity index (χ4v) is 8.72. The number of likely N-dealkylation sites (tertiary alicyclic amines) is 1. The van der Waals surface area contributed by atoms with Crippen LogP contribution in [0, 0.1) is 25.7 Å². The van der Waals surface area contributed by atoms with Crippen molar-refractivity contribution in [2.24, 2.45) is 11.8 Å². The number of aryl methyl sites for hydroxylation is 2. The van der Waals surface area contributed by atoms with Crippen molar-refractivity contribution in [2.75, 3.05) is 25.1 Å². The van der Waals surface area contributed by atoms with E-state index in [9.17, 15) is 14.4 Å². The number of anilines is 1. The predicted molar refractivity (Wildman–Crippen MR) is 137 cm³/mol. The molecular weight excluding hydrogens is 464 g/mol. The molecule has 0 radical (unpaired) electrons. The van der Waals surface area contributed by atoms with Crippen molar-refractivity contribution in [1.82, 2.24) is 4.90 Å². The van der Waals surface area contributed by atoms with Crippen LogP contribution >= 0.6 is 11.8 Å². The molecule has 4 rings (SSSR count). The first-order valence-electron chi connectivity index (χ1n) is 12.8. The second-order valence-corrected chi connectivity index (χ2v) is 12.4. The molecule has 35 heavy (non-hydrogen) atoms. The molecule has 7 nitrogen and oxygen atoms in total. The lowest BCUT2D eigenvalue weighted by Crippen LogP contribution is -2.51. The Hall–Kier alpha value is -2.06. The Kier molecular flexibility index (Phi) is 7.53. The zero-order valence-electron chi connectivity index (χ0n) is 21.3. The van der Waals surface area contributed by atoms with Crippen LogP contribution in [-0.4, -0.2) is 63.1 Å². The number of carbonyl (C=O) groups excluding carboxylic acids is 3. The van der Waals surface area contributed by atoms with Gasteiger partial charge in [0.15, 0.2) is 0 Å². The average molecular weight is 503 g/mol. The molecule has 3 aliphatic rings. The van der Waals surface area contributed by atoms with E-state index >= 15 is 0 Å². The highest BCUT2D eigenvalue weighted by Crippen LogP contribution is 2.71.